The summed E-state index contributed by atoms with van der Waals surface area (Å²) in [5.74, 6) is -0.806. The highest BCUT2D eigenvalue weighted by Crippen LogP contribution is 2.20. The molecule has 98 valence electrons. The third kappa shape index (κ3) is 3.66. The minimum atomic E-state index is -0.467. The molecule has 0 fully saturated rings. The highest BCUT2D eigenvalue weighted by atomic mass is 35.5. The first-order chi connectivity index (χ1) is 9.16. The SMILES string of the molecule is O=C(C=Cc1c(F)cccc1Cl)NCc1cnc[nH]1. The van der Waals surface area contributed by atoms with Gasteiger partial charge in [0.25, 0.3) is 0 Å². The number of hydrogen-bond acceptors (Lipinski definition) is 2. The average Bonchev–Trinajstić information content (AvgIpc) is 2.89. The zero-order valence-corrected chi connectivity index (χ0v) is 10.6. The van der Waals surface area contributed by atoms with Gasteiger partial charge in [0.05, 0.1) is 23.6 Å². The summed E-state index contributed by atoms with van der Waals surface area (Å²) in [5.41, 5.74) is 0.978. The van der Waals surface area contributed by atoms with Crippen molar-refractivity contribution in [1.29, 1.82) is 0 Å². The maximum Gasteiger partial charge on any atom is 0.244 e. The maximum absolute atomic E-state index is 13.4. The molecule has 0 spiro atoms. The van der Waals surface area contributed by atoms with Crippen LogP contribution in [-0.4, -0.2) is 15.9 Å². The predicted octanol–water partition coefficient (Wildman–Crippen LogP) is 2.53. The van der Waals surface area contributed by atoms with Crippen LogP contribution in [0.2, 0.25) is 5.02 Å². The lowest BCUT2D eigenvalue weighted by atomic mass is 10.2. The van der Waals surface area contributed by atoms with Crippen molar-refractivity contribution in [2.75, 3.05) is 0 Å². The van der Waals surface area contributed by atoms with Gasteiger partial charge in [-0.3, -0.25) is 4.79 Å². The Kier molecular flexibility index (Phi) is 4.30. The molecule has 4 nitrogen and oxygen atoms in total. The van der Waals surface area contributed by atoms with E-state index in [1.54, 1.807) is 12.3 Å². The fourth-order valence-electron chi connectivity index (χ4n) is 1.45. The minimum Gasteiger partial charge on any atom is -0.347 e. The molecule has 6 heteroatoms. The van der Waals surface area contributed by atoms with Crippen molar-refractivity contribution in [2.45, 2.75) is 6.54 Å². The van der Waals surface area contributed by atoms with Crippen molar-refractivity contribution in [2.24, 2.45) is 0 Å². The first kappa shape index (κ1) is 13.3. The number of imidazole rings is 1. The predicted molar refractivity (Wildman–Crippen MR) is 70.9 cm³/mol. The number of aromatic amines is 1. The second-order valence-corrected chi connectivity index (χ2v) is 4.17. The fraction of sp³-hybridized carbons (Fsp3) is 0.0769. The molecule has 0 aliphatic rings. The summed E-state index contributed by atoms with van der Waals surface area (Å²) in [4.78, 5) is 18.2. The number of carbonyl (C=O) groups excluding carboxylic acids is 1. The van der Waals surface area contributed by atoms with Crippen LogP contribution < -0.4 is 5.32 Å². The first-order valence-electron chi connectivity index (χ1n) is 5.54. The molecule has 2 aromatic rings. The van der Waals surface area contributed by atoms with E-state index in [1.807, 2.05) is 0 Å². The summed E-state index contributed by atoms with van der Waals surface area (Å²) in [6, 6.07) is 4.36. The molecule has 0 bridgehead atoms. The zero-order valence-electron chi connectivity index (χ0n) is 9.86. The van der Waals surface area contributed by atoms with E-state index in [0.717, 1.165) is 5.69 Å². The van der Waals surface area contributed by atoms with Crippen LogP contribution in [0.15, 0.2) is 36.8 Å². The Morgan fingerprint density at radius 2 is 2.37 bits per heavy atom. The quantitative estimate of drug-likeness (QED) is 0.845. The fourth-order valence-corrected chi connectivity index (χ4v) is 1.68. The number of amides is 1. The monoisotopic (exact) mass is 279 g/mol. The van der Waals surface area contributed by atoms with Gasteiger partial charge in [-0.1, -0.05) is 17.7 Å². The lowest BCUT2D eigenvalue weighted by Crippen LogP contribution is -2.20. The lowest BCUT2D eigenvalue weighted by molar-refractivity contribution is -0.116. The van der Waals surface area contributed by atoms with Crippen molar-refractivity contribution in [3.63, 3.8) is 0 Å². The molecule has 1 heterocycles. The van der Waals surface area contributed by atoms with Gasteiger partial charge in [-0.05, 0) is 18.2 Å². The Hall–Kier alpha value is -2.14. The molecule has 1 aromatic carbocycles. The van der Waals surface area contributed by atoms with Gasteiger partial charge in [0.2, 0.25) is 5.91 Å². The summed E-state index contributed by atoms with van der Waals surface area (Å²) >= 11 is 5.84. The summed E-state index contributed by atoms with van der Waals surface area (Å²) in [5, 5.41) is 2.89. The average molecular weight is 280 g/mol. The molecular weight excluding hydrogens is 269 g/mol. The van der Waals surface area contributed by atoms with Gasteiger partial charge in [0.1, 0.15) is 5.82 Å². The van der Waals surface area contributed by atoms with Gasteiger partial charge in [0.15, 0.2) is 0 Å². The van der Waals surface area contributed by atoms with Gasteiger partial charge in [0, 0.05) is 17.8 Å². The molecule has 19 heavy (non-hydrogen) atoms. The largest absolute Gasteiger partial charge is 0.347 e. The van der Waals surface area contributed by atoms with Crippen LogP contribution in [0.5, 0.6) is 0 Å². The molecule has 0 saturated carbocycles. The number of benzene rings is 1. The summed E-state index contributed by atoms with van der Waals surface area (Å²) < 4.78 is 13.4. The highest BCUT2D eigenvalue weighted by Gasteiger charge is 2.04. The number of nitrogens with zero attached hydrogens (tertiary/aromatic N) is 1. The van der Waals surface area contributed by atoms with E-state index in [2.05, 4.69) is 15.3 Å². The normalized spacial score (nSPS) is 10.8. The van der Waals surface area contributed by atoms with E-state index in [-0.39, 0.29) is 16.5 Å². The Balaban J connectivity index is 1.96. The van der Waals surface area contributed by atoms with E-state index >= 15 is 0 Å². The molecule has 0 unspecified atom stereocenters. The molecule has 0 saturated heterocycles. The molecular formula is C13H11ClFN3O. The van der Waals surface area contributed by atoms with E-state index in [1.165, 1.54) is 30.6 Å². The van der Waals surface area contributed by atoms with Gasteiger partial charge in [-0.2, -0.15) is 0 Å². The Bertz CT molecular complexity index is 576. The molecule has 1 amide bonds. The van der Waals surface area contributed by atoms with Crippen molar-refractivity contribution in [3.8, 4) is 0 Å². The van der Waals surface area contributed by atoms with Crippen LogP contribution >= 0.6 is 11.6 Å². The Morgan fingerprint density at radius 1 is 1.53 bits per heavy atom. The Morgan fingerprint density at radius 3 is 3.05 bits per heavy atom. The first-order valence-corrected chi connectivity index (χ1v) is 5.92. The van der Waals surface area contributed by atoms with Crippen LogP contribution in [0.4, 0.5) is 4.39 Å². The van der Waals surface area contributed by atoms with Crippen LogP contribution in [-0.2, 0) is 11.3 Å². The third-order valence-electron chi connectivity index (χ3n) is 2.41. The van der Waals surface area contributed by atoms with Crippen LogP contribution in [0.1, 0.15) is 11.3 Å². The molecule has 2 N–H and O–H groups in total. The highest BCUT2D eigenvalue weighted by molar-refractivity contribution is 6.32. The number of aromatic nitrogens is 2. The number of halogens is 2. The minimum absolute atomic E-state index is 0.195. The second kappa shape index (κ2) is 6.15. The molecule has 0 aliphatic carbocycles. The molecule has 0 atom stereocenters. The zero-order chi connectivity index (χ0) is 13.7. The van der Waals surface area contributed by atoms with Gasteiger partial charge < -0.3 is 10.3 Å². The molecule has 0 aliphatic heterocycles. The van der Waals surface area contributed by atoms with E-state index in [4.69, 9.17) is 11.6 Å². The van der Waals surface area contributed by atoms with E-state index in [0.29, 0.717) is 6.54 Å². The number of nitrogens with one attached hydrogen (secondary N) is 2. The number of carbonyl (C=O) groups is 1. The number of H-pyrrole nitrogens is 1. The second-order valence-electron chi connectivity index (χ2n) is 3.76. The number of hydrogen-bond donors (Lipinski definition) is 2. The van der Waals surface area contributed by atoms with Crippen molar-refractivity contribution < 1.29 is 9.18 Å². The maximum atomic E-state index is 13.4. The summed E-state index contributed by atoms with van der Waals surface area (Å²) in [6.45, 7) is 0.328. The molecule has 0 radical (unpaired) electrons. The topological polar surface area (TPSA) is 57.8 Å². The smallest absolute Gasteiger partial charge is 0.244 e. The summed E-state index contributed by atoms with van der Waals surface area (Å²) in [7, 11) is 0. The van der Waals surface area contributed by atoms with Gasteiger partial charge in [-0.25, -0.2) is 9.37 Å². The van der Waals surface area contributed by atoms with Gasteiger partial charge in [-0.15, -0.1) is 0 Å². The van der Waals surface area contributed by atoms with Gasteiger partial charge >= 0.3 is 0 Å². The van der Waals surface area contributed by atoms with Crippen molar-refractivity contribution >= 4 is 23.6 Å². The van der Waals surface area contributed by atoms with Crippen LogP contribution in [0.25, 0.3) is 6.08 Å². The van der Waals surface area contributed by atoms with Crippen molar-refractivity contribution in [1.82, 2.24) is 15.3 Å². The van der Waals surface area contributed by atoms with Crippen molar-refractivity contribution in [3.05, 3.63) is 58.9 Å². The molecule has 2 rings (SSSR count). The summed E-state index contributed by atoms with van der Waals surface area (Å²) in [6.07, 6.45) is 5.72. The van der Waals surface area contributed by atoms with Crippen LogP contribution in [0, 0.1) is 5.82 Å². The van der Waals surface area contributed by atoms with E-state index < -0.39 is 5.82 Å². The van der Waals surface area contributed by atoms with Crippen LogP contribution in [0.3, 0.4) is 0 Å². The van der Waals surface area contributed by atoms with E-state index in [9.17, 15) is 9.18 Å². The molecule has 1 aromatic heterocycles. The standard InChI is InChI=1S/C13H11ClFN3O/c14-11-2-1-3-12(15)10(11)4-5-13(19)17-7-9-6-16-8-18-9/h1-6,8H,7H2,(H,16,18)(H,17,19). The Labute approximate surface area is 114 Å². The lowest BCUT2D eigenvalue weighted by Gasteiger charge is -2.01. The third-order valence-corrected chi connectivity index (χ3v) is 2.74. The number of rotatable bonds is 4.